The topological polar surface area (TPSA) is 41.6 Å². The lowest BCUT2D eigenvalue weighted by Crippen LogP contribution is -2.45. The van der Waals surface area contributed by atoms with E-state index in [1.807, 2.05) is 0 Å². The average molecular weight is 359 g/mol. The molecule has 1 aromatic carbocycles. The lowest BCUT2D eigenvalue weighted by molar-refractivity contribution is -0.124. The van der Waals surface area contributed by atoms with Gasteiger partial charge in [0.15, 0.2) is 6.61 Å². The van der Waals surface area contributed by atoms with Crippen LogP contribution in [-0.4, -0.2) is 43.1 Å². The smallest absolute Gasteiger partial charge is 0.258 e. The Bertz CT molecular complexity index is 491. The van der Waals surface area contributed by atoms with Crippen molar-refractivity contribution >= 4 is 21.8 Å². The molecule has 0 saturated carbocycles. The van der Waals surface area contributed by atoms with Crippen LogP contribution in [0.5, 0.6) is 5.75 Å². The Morgan fingerprint density at radius 1 is 1.48 bits per heavy atom. The quantitative estimate of drug-likeness (QED) is 0.879. The fourth-order valence-electron chi connectivity index (χ4n) is 2.40. The second-order valence-corrected chi connectivity index (χ2v) is 5.99. The highest BCUT2D eigenvalue weighted by Gasteiger charge is 2.19. The first-order valence-electron chi connectivity index (χ1n) is 7.18. The van der Waals surface area contributed by atoms with Gasteiger partial charge < -0.3 is 15.0 Å². The number of carbonyl (C=O) groups is 1. The third-order valence-corrected chi connectivity index (χ3v) is 4.27. The molecule has 1 amide bonds. The van der Waals surface area contributed by atoms with Gasteiger partial charge in [0.25, 0.3) is 5.91 Å². The number of nitrogens with zero attached hydrogens (tertiary/aromatic N) is 1. The summed E-state index contributed by atoms with van der Waals surface area (Å²) in [5, 5.41) is 2.98. The summed E-state index contributed by atoms with van der Waals surface area (Å²) < 4.78 is 18.9. The van der Waals surface area contributed by atoms with Crippen molar-refractivity contribution in [1.82, 2.24) is 10.2 Å². The summed E-state index contributed by atoms with van der Waals surface area (Å²) in [6.45, 7) is 5.19. The van der Waals surface area contributed by atoms with Crippen molar-refractivity contribution in [2.45, 2.75) is 25.8 Å². The van der Waals surface area contributed by atoms with E-state index >= 15 is 0 Å². The van der Waals surface area contributed by atoms with E-state index in [1.54, 1.807) is 0 Å². The molecular weight excluding hydrogens is 339 g/mol. The molecule has 0 bridgehead atoms. The van der Waals surface area contributed by atoms with Gasteiger partial charge in [0, 0.05) is 19.1 Å². The number of halogens is 2. The first kappa shape index (κ1) is 16.2. The fraction of sp³-hybridized carbons (Fsp3) is 0.533. The molecule has 116 valence electrons. The van der Waals surface area contributed by atoms with Gasteiger partial charge in [-0.25, -0.2) is 4.39 Å². The van der Waals surface area contributed by atoms with Gasteiger partial charge in [0.1, 0.15) is 11.6 Å². The van der Waals surface area contributed by atoms with Gasteiger partial charge in [-0.3, -0.25) is 4.79 Å². The minimum absolute atomic E-state index is 0.0573. The lowest BCUT2D eigenvalue weighted by Gasteiger charge is -2.31. The largest absolute Gasteiger partial charge is 0.483 e. The monoisotopic (exact) mass is 358 g/mol. The highest BCUT2D eigenvalue weighted by Crippen LogP contribution is 2.25. The number of piperidine rings is 1. The molecule has 1 heterocycles. The van der Waals surface area contributed by atoms with E-state index in [0.29, 0.717) is 10.2 Å². The Balaban J connectivity index is 1.75. The summed E-state index contributed by atoms with van der Waals surface area (Å²) in [6.07, 6.45) is 1.94. The minimum atomic E-state index is -0.346. The van der Waals surface area contributed by atoms with Crippen molar-refractivity contribution in [2.24, 2.45) is 0 Å². The van der Waals surface area contributed by atoms with Crippen LogP contribution in [0.15, 0.2) is 22.7 Å². The number of hydrogen-bond donors (Lipinski definition) is 1. The fourth-order valence-corrected chi connectivity index (χ4v) is 2.86. The van der Waals surface area contributed by atoms with Gasteiger partial charge in [-0.05, 0) is 53.5 Å². The Morgan fingerprint density at radius 2 is 2.19 bits per heavy atom. The zero-order valence-corrected chi connectivity index (χ0v) is 13.7. The van der Waals surface area contributed by atoms with Crippen LogP contribution >= 0.6 is 15.9 Å². The van der Waals surface area contributed by atoms with Crippen LogP contribution in [0.25, 0.3) is 0 Å². The van der Waals surface area contributed by atoms with Crippen LogP contribution in [-0.2, 0) is 4.79 Å². The minimum Gasteiger partial charge on any atom is -0.483 e. The molecule has 0 atom stereocenters. The first-order chi connectivity index (χ1) is 10.1. The Morgan fingerprint density at radius 3 is 2.81 bits per heavy atom. The second-order valence-electron chi connectivity index (χ2n) is 5.14. The van der Waals surface area contributed by atoms with Gasteiger partial charge in [-0.1, -0.05) is 6.92 Å². The van der Waals surface area contributed by atoms with Crippen LogP contribution < -0.4 is 10.1 Å². The summed E-state index contributed by atoms with van der Waals surface area (Å²) >= 11 is 3.21. The molecule has 1 saturated heterocycles. The molecule has 1 aliphatic heterocycles. The normalized spacial score (nSPS) is 16.7. The third kappa shape index (κ3) is 4.97. The van der Waals surface area contributed by atoms with Crippen molar-refractivity contribution in [3.8, 4) is 5.75 Å². The molecule has 1 aromatic rings. The SMILES string of the molecule is CCN1CCC(NC(=O)COc2ccc(F)cc2Br)CC1. The van der Waals surface area contributed by atoms with Crippen molar-refractivity contribution in [3.05, 3.63) is 28.5 Å². The summed E-state index contributed by atoms with van der Waals surface area (Å²) in [7, 11) is 0. The Labute approximate surface area is 132 Å². The van der Waals surface area contributed by atoms with Crippen LogP contribution in [0.3, 0.4) is 0 Å². The van der Waals surface area contributed by atoms with E-state index in [-0.39, 0.29) is 24.4 Å². The molecule has 21 heavy (non-hydrogen) atoms. The zero-order valence-electron chi connectivity index (χ0n) is 12.1. The van der Waals surface area contributed by atoms with E-state index in [0.717, 1.165) is 32.5 Å². The Kier molecular flexibility index (Phi) is 5.99. The van der Waals surface area contributed by atoms with Gasteiger partial charge >= 0.3 is 0 Å². The molecule has 0 unspecified atom stereocenters. The number of likely N-dealkylation sites (tertiary alicyclic amines) is 1. The molecule has 4 nitrogen and oxygen atoms in total. The molecule has 1 fully saturated rings. The van der Waals surface area contributed by atoms with Crippen molar-refractivity contribution in [3.63, 3.8) is 0 Å². The summed E-state index contributed by atoms with van der Waals surface area (Å²) in [5.74, 6) is -0.0186. The summed E-state index contributed by atoms with van der Waals surface area (Å²) in [5.41, 5.74) is 0. The number of benzene rings is 1. The molecule has 0 spiro atoms. The highest BCUT2D eigenvalue weighted by atomic mass is 79.9. The maximum atomic E-state index is 12.9. The molecule has 0 aromatic heterocycles. The molecular formula is C15H20BrFN2O2. The molecule has 2 rings (SSSR count). The standard InChI is InChI=1S/C15H20BrFN2O2/c1-2-19-7-5-12(6-8-19)18-15(20)10-21-14-4-3-11(17)9-13(14)16/h3-4,9,12H,2,5-8,10H2,1H3,(H,18,20). The van der Waals surface area contributed by atoms with Gasteiger partial charge in [-0.15, -0.1) is 0 Å². The van der Waals surface area contributed by atoms with Crippen LogP contribution in [0, 0.1) is 5.82 Å². The van der Waals surface area contributed by atoms with E-state index in [9.17, 15) is 9.18 Å². The van der Waals surface area contributed by atoms with Crippen molar-refractivity contribution < 1.29 is 13.9 Å². The number of hydrogen-bond acceptors (Lipinski definition) is 3. The average Bonchev–Trinajstić information content (AvgIpc) is 2.47. The van der Waals surface area contributed by atoms with Gasteiger partial charge in [-0.2, -0.15) is 0 Å². The summed E-state index contributed by atoms with van der Waals surface area (Å²) in [4.78, 5) is 14.2. The van der Waals surface area contributed by atoms with Crippen molar-refractivity contribution in [1.29, 1.82) is 0 Å². The first-order valence-corrected chi connectivity index (χ1v) is 7.97. The second kappa shape index (κ2) is 7.75. The predicted octanol–water partition coefficient (Wildman–Crippen LogP) is 2.57. The van der Waals surface area contributed by atoms with Gasteiger partial charge in [0.2, 0.25) is 0 Å². The van der Waals surface area contributed by atoms with E-state index < -0.39 is 0 Å². The van der Waals surface area contributed by atoms with E-state index in [4.69, 9.17) is 4.74 Å². The molecule has 1 aliphatic rings. The van der Waals surface area contributed by atoms with E-state index in [1.165, 1.54) is 18.2 Å². The number of ether oxygens (including phenoxy) is 1. The lowest BCUT2D eigenvalue weighted by atomic mass is 10.1. The third-order valence-electron chi connectivity index (χ3n) is 3.65. The maximum Gasteiger partial charge on any atom is 0.258 e. The van der Waals surface area contributed by atoms with Gasteiger partial charge in [0.05, 0.1) is 4.47 Å². The van der Waals surface area contributed by atoms with Crippen LogP contribution in [0.1, 0.15) is 19.8 Å². The summed E-state index contributed by atoms with van der Waals surface area (Å²) in [6, 6.07) is 4.35. The molecule has 0 aliphatic carbocycles. The number of carbonyl (C=O) groups excluding carboxylic acids is 1. The molecule has 0 radical (unpaired) electrons. The molecule has 1 N–H and O–H groups in total. The Hall–Kier alpha value is -1.14. The molecule has 6 heteroatoms. The maximum absolute atomic E-state index is 12.9. The van der Waals surface area contributed by atoms with Crippen molar-refractivity contribution in [2.75, 3.05) is 26.2 Å². The van der Waals surface area contributed by atoms with E-state index in [2.05, 4.69) is 33.1 Å². The van der Waals surface area contributed by atoms with Crippen LogP contribution in [0.4, 0.5) is 4.39 Å². The van der Waals surface area contributed by atoms with Crippen LogP contribution in [0.2, 0.25) is 0 Å². The predicted molar refractivity (Wildman–Crippen MR) is 82.9 cm³/mol. The number of nitrogens with one attached hydrogen (secondary N) is 1. The number of amides is 1. The highest BCUT2D eigenvalue weighted by molar-refractivity contribution is 9.10. The zero-order chi connectivity index (χ0) is 15.2. The number of rotatable bonds is 5.